The van der Waals surface area contributed by atoms with Gasteiger partial charge < -0.3 is 14.2 Å². The van der Waals surface area contributed by atoms with E-state index in [-0.39, 0.29) is 5.69 Å². The van der Waals surface area contributed by atoms with E-state index in [1.54, 1.807) is 18.9 Å². The fourth-order valence-corrected chi connectivity index (χ4v) is 4.17. The largest absolute Gasteiger partial charge is 0.497 e. The van der Waals surface area contributed by atoms with E-state index in [4.69, 9.17) is 14.2 Å². The normalized spacial score (nSPS) is 10.6. The molecule has 0 fully saturated rings. The zero-order chi connectivity index (χ0) is 23.2. The van der Waals surface area contributed by atoms with Crippen LogP contribution in [0.3, 0.4) is 0 Å². The molecular weight excluding hydrogens is 438 g/mol. The van der Waals surface area contributed by atoms with Crippen molar-refractivity contribution in [3.8, 4) is 22.6 Å². The Morgan fingerprint density at radius 3 is 1.91 bits per heavy atom. The van der Waals surface area contributed by atoms with Crippen LogP contribution < -0.4 is 9.47 Å². The molecule has 0 atom stereocenters. The van der Waals surface area contributed by atoms with Gasteiger partial charge in [0, 0.05) is 4.90 Å². The Labute approximate surface area is 196 Å². The lowest BCUT2D eigenvalue weighted by molar-refractivity contribution is 0.0589. The van der Waals surface area contributed by atoms with Crippen molar-refractivity contribution in [1.29, 1.82) is 0 Å². The number of rotatable bonds is 8. The first-order chi connectivity index (χ1) is 16.1. The zero-order valence-electron chi connectivity index (χ0n) is 18.5. The van der Waals surface area contributed by atoms with Crippen LogP contribution in [0.15, 0.2) is 82.7 Å². The van der Waals surface area contributed by atoms with E-state index < -0.39 is 5.97 Å². The highest BCUT2D eigenvalue weighted by Gasteiger charge is 2.22. The molecule has 1 heterocycles. The minimum atomic E-state index is -0.520. The second-order valence-electron chi connectivity index (χ2n) is 7.10. The van der Waals surface area contributed by atoms with E-state index in [9.17, 15) is 4.79 Å². The summed E-state index contributed by atoms with van der Waals surface area (Å²) in [6.07, 6.45) is 0. The number of esters is 1. The van der Waals surface area contributed by atoms with Gasteiger partial charge >= 0.3 is 5.97 Å². The molecule has 33 heavy (non-hydrogen) atoms. The number of hydrogen-bond acceptors (Lipinski definition) is 7. The van der Waals surface area contributed by atoms with Gasteiger partial charge in [-0.1, -0.05) is 53.4 Å². The Morgan fingerprint density at radius 2 is 1.36 bits per heavy atom. The second kappa shape index (κ2) is 10.2. The summed E-state index contributed by atoms with van der Waals surface area (Å²) in [5.74, 6) is 1.08. The lowest BCUT2D eigenvalue weighted by Gasteiger charge is -2.09. The van der Waals surface area contributed by atoms with Crippen LogP contribution in [0.1, 0.15) is 16.1 Å². The molecule has 0 aliphatic carbocycles. The maximum absolute atomic E-state index is 12.3. The predicted octanol–water partition coefficient (Wildman–Crippen LogP) is 4.95. The molecular formula is C25H23N3O4S. The minimum Gasteiger partial charge on any atom is -0.497 e. The summed E-state index contributed by atoms with van der Waals surface area (Å²) < 4.78 is 17.1. The summed E-state index contributed by atoms with van der Waals surface area (Å²) in [7, 11) is 4.62. The van der Waals surface area contributed by atoms with Gasteiger partial charge in [-0.3, -0.25) is 0 Å². The molecule has 0 spiro atoms. The molecule has 4 rings (SSSR count). The van der Waals surface area contributed by atoms with Gasteiger partial charge in [-0.25, -0.2) is 9.48 Å². The van der Waals surface area contributed by atoms with Crippen molar-refractivity contribution < 1.29 is 19.0 Å². The summed E-state index contributed by atoms with van der Waals surface area (Å²) >= 11 is 1.42. The van der Waals surface area contributed by atoms with Crippen LogP contribution in [0.2, 0.25) is 0 Å². The first-order valence-corrected chi connectivity index (χ1v) is 11.0. The SMILES string of the molecule is COC(=O)c1nnn(Cc2ccc(OC)cc2)c1Sc1ccc(-c2ccc(OC)cc2)cc1. The van der Waals surface area contributed by atoms with Gasteiger partial charge in [-0.05, 0) is 53.1 Å². The number of benzene rings is 3. The van der Waals surface area contributed by atoms with Crippen LogP contribution in [-0.2, 0) is 11.3 Å². The molecule has 3 aromatic carbocycles. The van der Waals surface area contributed by atoms with Crippen molar-refractivity contribution >= 4 is 17.7 Å². The smallest absolute Gasteiger partial charge is 0.361 e. The topological polar surface area (TPSA) is 75.5 Å². The van der Waals surface area contributed by atoms with Crippen LogP contribution >= 0.6 is 11.8 Å². The van der Waals surface area contributed by atoms with Crippen LogP contribution in [0.25, 0.3) is 11.1 Å². The molecule has 0 saturated carbocycles. The number of aromatic nitrogens is 3. The van der Waals surface area contributed by atoms with E-state index in [1.165, 1.54) is 18.9 Å². The van der Waals surface area contributed by atoms with Gasteiger partial charge in [0.15, 0.2) is 0 Å². The molecule has 4 aromatic rings. The minimum absolute atomic E-state index is 0.190. The summed E-state index contributed by atoms with van der Waals surface area (Å²) in [5.41, 5.74) is 3.37. The molecule has 168 valence electrons. The van der Waals surface area contributed by atoms with E-state index in [0.717, 1.165) is 33.1 Å². The van der Waals surface area contributed by atoms with Crippen molar-refractivity contribution in [1.82, 2.24) is 15.0 Å². The van der Waals surface area contributed by atoms with Gasteiger partial charge in [-0.2, -0.15) is 0 Å². The Kier molecular flexibility index (Phi) is 6.95. The van der Waals surface area contributed by atoms with Gasteiger partial charge in [-0.15, -0.1) is 5.10 Å². The second-order valence-corrected chi connectivity index (χ2v) is 8.16. The Bertz CT molecular complexity index is 1220. The van der Waals surface area contributed by atoms with E-state index in [2.05, 4.69) is 10.3 Å². The van der Waals surface area contributed by atoms with Crippen molar-refractivity contribution in [2.75, 3.05) is 21.3 Å². The average molecular weight is 462 g/mol. The van der Waals surface area contributed by atoms with E-state index in [0.29, 0.717) is 11.6 Å². The number of carbonyl (C=O) groups is 1. The van der Waals surface area contributed by atoms with Gasteiger partial charge in [0.25, 0.3) is 0 Å². The monoisotopic (exact) mass is 461 g/mol. The number of methoxy groups -OCH3 is 3. The maximum atomic E-state index is 12.3. The van der Waals surface area contributed by atoms with E-state index in [1.807, 2.05) is 72.8 Å². The molecule has 0 radical (unpaired) electrons. The quantitative estimate of drug-likeness (QED) is 0.344. The van der Waals surface area contributed by atoms with Gasteiger partial charge in [0.2, 0.25) is 5.69 Å². The lowest BCUT2D eigenvalue weighted by atomic mass is 10.1. The lowest BCUT2D eigenvalue weighted by Crippen LogP contribution is -2.06. The van der Waals surface area contributed by atoms with Crippen molar-refractivity contribution in [2.24, 2.45) is 0 Å². The number of hydrogen-bond donors (Lipinski definition) is 0. The molecule has 1 aromatic heterocycles. The Balaban J connectivity index is 1.58. The van der Waals surface area contributed by atoms with Crippen LogP contribution in [0.4, 0.5) is 0 Å². The molecule has 0 N–H and O–H groups in total. The fraction of sp³-hybridized carbons (Fsp3) is 0.160. The summed E-state index contributed by atoms with van der Waals surface area (Å²) in [6, 6.07) is 23.7. The third kappa shape index (κ3) is 5.18. The predicted molar refractivity (Wildman–Crippen MR) is 126 cm³/mol. The highest BCUT2D eigenvalue weighted by molar-refractivity contribution is 7.99. The van der Waals surface area contributed by atoms with Crippen LogP contribution in [0, 0.1) is 0 Å². The molecule has 0 bridgehead atoms. The molecule has 0 saturated heterocycles. The molecule has 0 amide bonds. The zero-order valence-corrected chi connectivity index (χ0v) is 19.3. The number of nitrogens with zero attached hydrogens (tertiary/aromatic N) is 3. The van der Waals surface area contributed by atoms with Crippen molar-refractivity contribution in [3.05, 3.63) is 84.1 Å². The van der Waals surface area contributed by atoms with Crippen LogP contribution in [-0.4, -0.2) is 42.3 Å². The Morgan fingerprint density at radius 1 is 0.818 bits per heavy atom. The fourth-order valence-electron chi connectivity index (χ4n) is 3.25. The molecule has 7 nitrogen and oxygen atoms in total. The number of ether oxygens (including phenoxy) is 3. The summed E-state index contributed by atoms with van der Waals surface area (Å²) in [5, 5.41) is 8.90. The van der Waals surface area contributed by atoms with E-state index >= 15 is 0 Å². The average Bonchev–Trinajstić information content (AvgIpc) is 3.26. The highest BCUT2D eigenvalue weighted by Crippen LogP contribution is 2.32. The maximum Gasteiger partial charge on any atom is 0.361 e. The Hall–Kier alpha value is -3.78. The third-order valence-corrected chi connectivity index (χ3v) is 6.16. The molecule has 0 unspecified atom stereocenters. The highest BCUT2D eigenvalue weighted by atomic mass is 32.2. The standard InChI is InChI=1S/C25H23N3O4S/c1-30-20-10-4-17(5-11-20)16-28-24(23(26-27-28)25(29)32-3)33-22-14-8-19(9-15-22)18-6-12-21(31-2)13-7-18/h4-15H,16H2,1-3H3. The first kappa shape index (κ1) is 22.4. The molecule has 0 aliphatic rings. The van der Waals surface area contributed by atoms with Crippen molar-refractivity contribution in [3.63, 3.8) is 0 Å². The first-order valence-electron chi connectivity index (χ1n) is 10.2. The molecule has 0 aliphatic heterocycles. The van der Waals surface area contributed by atoms with Gasteiger partial charge in [0.1, 0.15) is 16.5 Å². The number of carbonyl (C=O) groups excluding carboxylic acids is 1. The van der Waals surface area contributed by atoms with Crippen LogP contribution in [0.5, 0.6) is 11.5 Å². The summed E-state index contributed by atoms with van der Waals surface area (Å²) in [6.45, 7) is 0.459. The van der Waals surface area contributed by atoms with Crippen molar-refractivity contribution in [2.45, 2.75) is 16.5 Å². The van der Waals surface area contributed by atoms with Gasteiger partial charge in [0.05, 0.1) is 27.9 Å². The molecule has 8 heteroatoms. The third-order valence-electron chi connectivity index (χ3n) is 5.05. The summed E-state index contributed by atoms with van der Waals surface area (Å²) in [4.78, 5) is 13.2.